The highest BCUT2D eigenvalue weighted by Crippen LogP contribution is 2.27. The number of aryl methyl sites for hydroxylation is 2. The molecule has 1 rings (SSSR count). The summed E-state index contributed by atoms with van der Waals surface area (Å²) in [6.07, 6.45) is 4.62. The summed E-state index contributed by atoms with van der Waals surface area (Å²) in [5.41, 5.74) is 12.2. The Morgan fingerprint density at radius 1 is 1.11 bits per heavy atom. The van der Waals surface area contributed by atoms with Crippen molar-refractivity contribution in [3.8, 4) is 0 Å². The SMILES string of the molecule is CCCCC(N)Cc1c(C)cc(C(C)(C)C)cc1C. The van der Waals surface area contributed by atoms with Gasteiger partial charge in [0.25, 0.3) is 0 Å². The number of nitrogens with two attached hydrogens (primary N) is 1. The Morgan fingerprint density at radius 3 is 2.05 bits per heavy atom. The van der Waals surface area contributed by atoms with E-state index in [0.29, 0.717) is 6.04 Å². The van der Waals surface area contributed by atoms with Crippen LogP contribution in [0.3, 0.4) is 0 Å². The lowest BCUT2D eigenvalue weighted by atomic mass is 9.83. The molecule has 1 aromatic carbocycles. The molecule has 0 aliphatic rings. The van der Waals surface area contributed by atoms with Crippen LogP contribution in [-0.2, 0) is 11.8 Å². The Labute approximate surface area is 119 Å². The standard InChI is InChI=1S/C18H31N/c1-7-8-9-16(19)12-17-13(2)10-15(11-14(17)3)18(4,5)6/h10-11,16H,7-9,12,19H2,1-6H3. The topological polar surface area (TPSA) is 26.0 Å². The van der Waals surface area contributed by atoms with Crippen LogP contribution in [0.4, 0.5) is 0 Å². The van der Waals surface area contributed by atoms with Crippen molar-refractivity contribution in [1.82, 2.24) is 0 Å². The summed E-state index contributed by atoms with van der Waals surface area (Å²) in [4.78, 5) is 0. The van der Waals surface area contributed by atoms with E-state index in [2.05, 4.69) is 53.7 Å². The van der Waals surface area contributed by atoms with E-state index in [1.54, 1.807) is 0 Å². The molecule has 0 saturated carbocycles. The van der Waals surface area contributed by atoms with E-state index in [0.717, 1.165) is 12.8 Å². The van der Waals surface area contributed by atoms with Crippen molar-refractivity contribution in [1.29, 1.82) is 0 Å². The van der Waals surface area contributed by atoms with Crippen LogP contribution >= 0.6 is 0 Å². The first-order valence-corrected chi connectivity index (χ1v) is 7.62. The monoisotopic (exact) mass is 261 g/mol. The lowest BCUT2D eigenvalue weighted by Gasteiger charge is -2.23. The highest BCUT2D eigenvalue weighted by Gasteiger charge is 2.17. The first-order chi connectivity index (χ1) is 8.75. The molecular formula is C18H31N. The fraction of sp³-hybridized carbons (Fsp3) is 0.667. The molecule has 0 aromatic heterocycles. The van der Waals surface area contributed by atoms with Gasteiger partial charge in [-0.05, 0) is 54.4 Å². The van der Waals surface area contributed by atoms with Crippen LogP contribution in [0.15, 0.2) is 12.1 Å². The molecule has 0 radical (unpaired) electrons. The summed E-state index contributed by atoms with van der Waals surface area (Å²) in [7, 11) is 0. The van der Waals surface area contributed by atoms with Crippen LogP contribution in [-0.4, -0.2) is 6.04 Å². The molecule has 19 heavy (non-hydrogen) atoms. The molecule has 108 valence electrons. The Morgan fingerprint density at radius 2 is 1.63 bits per heavy atom. The first-order valence-electron chi connectivity index (χ1n) is 7.62. The van der Waals surface area contributed by atoms with Crippen molar-refractivity contribution in [2.75, 3.05) is 0 Å². The zero-order valence-corrected chi connectivity index (χ0v) is 13.6. The second-order valence-electron chi connectivity index (χ2n) is 6.95. The minimum atomic E-state index is 0.221. The maximum atomic E-state index is 6.25. The molecule has 1 nitrogen and oxygen atoms in total. The summed E-state index contributed by atoms with van der Waals surface area (Å²) in [5, 5.41) is 0. The van der Waals surface area contributed by atoms with E-state index < -0.39 is 0 Å². The van der Waals surface area contributed by atoms with E-state index in [1.807, 2.05) is 0 Å². The largest absolute Gasteiger partial charge is 0.327 e. The van der Waals surface area contributed by atoms with Crippen molar-refractivity contribution in [2.45, 2.75) is 78.7 Å². The number of hydrogen-bond acceptors (Lipinski definition) is 1. The normalized spacial score (nSPS) is 13.6. The Balaban J connectivity index is 2.92. The van der Waals surface area contributed by atoms with Gasteiger partial charge in [-0.2, -0.15) is 0 Å². The van der Waals surface area contributed by atoms with Crippen LogP contribution in [0.1, 0.15) is 69.2 Å². The summed E-state index contributed by atoms with van der Waals surface area (Å²) < 4.78 is 0. The predicted molar refractivity (Wildman–Crippen MR) is 85.8 cm³/mol. The van der Waals surface area contributed by atoms with Gasteiger partial charge in [0.2, 0.25) is 0 Å². The summed E-state index contributed by atoms with van der Waals surface area (Å²) in [6, 6.07) is 4.99. The zero-order chi connectivity index (χ0) is 14.6. The van der Waals surface area contributed by atoms with Gasteiger partial charge >= 0.3 is 0 Å². The van der Waals surface area contributed by atoms with E-state index in [-0.39, 0.29) is 5.41 Å². The minimum Gasteiger partial charge on any atom is -0.327 e. The maximum absolute atomic E-state index is 6.25. The third kappa shape index (κ3) is 4.65. The summed E-state index contributed by atoms with van der Waals surface area (Å²) in [6.45, 7) is 13.5. The molecule has 0 aliphatic heterocycles. The molecule has 0 bridgehead atoms. The molecule has 0 aliphatic carbocycles. The average molecular weight is 261 g/mol. The number of hydrogen-bond donors (Lipinski definition) is 1. The molecule has 2 N–H and O–H groups in total. The average Bonchev–Trinajstić information content (AvgIpc) is 2.29. The van der Waals surface area contributed by atoms with Gasteiger partial charge in [-0.3, -0.25) is 0 Å². The van der Waals surface area contributed by atoms with Gasteiger partial charge in [0.1, 0.15) is 0 Å². The van der Waals surface area contributed by atoms with Crippen molar-refractivity contribution >= 4 is 0 Å². The lowest BCUT2D eigenvalue weighted by molar-refractivity contribution is 0.569. The summed E-state index contributed by atoms with van der Waals surface area (Å²) in [5.74, 6) is 0. The maximum Gasteiger partial charge on any atom is 0.00795 e. The van der Waals surface area contributed by atoms with Gasteiger partial charge < -0.3 is 5.73 Å². The van der Waals surface area contributed by atoms with E-state index in [4.69, 9.17) is 5.73 Å². The molecule has 0 spiro atoms. The van der Waals surface area contributed by atoms with Crippen molar-refractivity contribution < 1.29 is 0 Å². The lowest BCUT2D eigenvalue weighted by Crippen LogP contribution is -2.24. The van der Waals surface area contributed by atoms with Gasteiger partial charge in [-0.15, -0.1) is 0 Å². The quantitative estimate of drug-likeness (QED) is 0.819. The molecule has 1 unspecified atom stereocenters. The van der Waals surface area contributed by atoms with Gasteiger partial charge in [-0.1, -0.05) is 52.7 Å². The predicted octanol–water partition coefficient (Wildman–Crippen LogP) is 4.66. The van der Waals surface area contributed by atoms with Gasteiger partial charge in [0.15, 0.2) is 0 Å². The van der Waals surface area contributed by atoms with Crippen LogP contribution in [0.5, 0.6) is 0 Å². The Kier molecular flexibility index (Phi) is 5.61. The van der Waals surface area contributed by atoms with Crippen LogP contribution in [0.2, 0.25) is 0 Å². The number of unbranched alkanes of at least 4 members (excludes halogenated alkanes) is 1. The van der Waals surface area contributed by atoms with E-state index >= 15 is 0 Å². The highest BCUT2D eigenvalue weighted by molar-refractivity contribution is 5.40. The van der Waals surface area contributed by atoms with Crippen molar-refractivity contribution in [2.24, 2.45) is 5.73 Å². The fourth-order valence-corrected chi connectivity index (χ4v) is 2.58. The molecule has 1 atom stereocenters. The van der Waals surface area contributed by atoms with Crippen LogP contribution in [0.25, 0.3) is 0 Å². The number of rotatable bonds is 5. The van der Waals surface area contributed by atoms with Crippen LogP contribution in [0, 0.1) is 13.8 Å². The van der Waals surface area contributed by atoms with Crippen molar-refractivity contribution in [3.63, 3.8) is 0 Å². The molecule has 0 fully saturated rings. The van der Waals surface area contributed by atoms with E-state index in [9.17, 15) is 0 Å². The third-order valence-electron chi connectivity index (χ3n) is 3.96. The second-order valence-corrected chi connectivity index (χ2v) is 6.95. The second kappa shape index (κ2) is 6.56. The molecular weight excluding hydrogens is 230 g/mol. The molecule has 0 saturated heterocycles. The molecule has 0 heterocycles. The molecule has 1 aromatic rings. The summed E-state index contributed by atoms with van der Waals surface area (Å²) >= 11 is 0. The van der Waals surface area contributed by atoms with Gasteiger partial charge in [-0.25, -0.2) is 0 Å². The first kappa shape index (κ1) is 16.2. The van der Waals surface area contributed by atoms with Crippen molar-refractivity contribution in [3.05, 3.63) is 34.4 Å². The van der Waals surface area contributed by atoms with Gasteiger partial charge in [0.05, 0.1) is 0 Å². The van der Waals surface area contributed by atoms with E-state index in [1.165, 1.54) is 35.1 Å². The Bertz CT molecular complexity index is 389. The fourth-order valence-electron chi connectivity index (χ4n) is 2.58. The van der Waals surface area contributed by atoms with Gasteiger partial charge in [0, 0.05) is 6.04 Å². The minimum absolute atomic E-state index is 0.221. The smallest absolute Gasteiger partial charge is 0.00795 e. The van der Waals surface area contributed by atoms with Crippen LogP contribution < -0.4 is 5.73 Å². The number of benzene rings is 1. The molecule has 1 heteroatoms. The zero-order valence-electron chi connectivity index (χ0n) is 13.6. The highest BCUT2D eigenvalue weighted by atomic mass is 14.6. The Hall–Kier alpha value is -0.820. The third-order valence-corrected chi connectivity index (χ3v) is 3.96. The molecule has 0 amide bonds.